The van der Waals surface area contributed by atoms with Crippen LogP contribution in [0.25, 0.3) is 99.9 Å². The molecule has 0 aliphatic carbocycles. The van der Waals surface area contributed by atoms with E-state index in [1.54, 1.807) is 0 Å². The number of nitrogens with zero attached hydrogens (tertiary/aromatic N) is 9. The molecule has 0 saturated carbocycles. The van der Waals surface area contributed by atoms with Crippen molar-refractivity contribution in [3.8, 4) is 66.8 Å². The molecule has 0 amide bonds. The summed E-state index contributed by atoms with van der Waals surface area (Å²) in [6.45, 7) is 50.5. The van der Waals surface area contributed by atoms with E-state index in [9.17, 15) is 0 Å². The second kappa shape index (κ2) is 30.8. The number of rotatable bonds is 26. The predicted molar refractivity (Wildman–Crippen MR) is 450 cm³/mol. The van der Waals surface area contributed by atoms with Gasteiger partial charge in [-0.15, -0.1) is 0 Å². The minimum Gasteiger partial charge on any atom is -0.184 e. The van der Waals surface area contributed by atoms with Crippen LogP contribution in [0.2, 0.25) is 0 Å². The molecule has 12 aromatic rings. The molecule has 9 aromatic carbocycles. The van der Waals surface area contributed by atoms with Gasteiger partial charge in [-0.2, -0.15) is 45.0 Å². The van der Waals surface area contributed by atoms with Crippen LogP contribution in [0, 0.1) is 17.8 Å². The van der Waals surface area contributed by atoms with E-state index in [0.717, 1.165) is 102 Å². The van der Waals surface area contributed by atoms with E-state index in [0.29, 0.717) is 37.9 Å². The maximum absolute atomic E-state index is 5.54. The van der Waals surface area contributed by atoms with Gasteiger partial charge in [0.25, 0.3) is 0 Å². The summed E-state index contributed by atoms with van der Waals surface area (Å²) in [6.07, 6.45) is 11.1. The standard InChI is InChI=1S/C97H121N9/c1-22-96(20,57-24-27-64(3)4)76-45-35-70(36-46-76)82-53-54-83(71-37-47-77(48-38-71)97(21,23-2)58-25-28-65(5)6)89-88(82)102-106(103-89)63-66(7)61-72-62-78(95(17,18)19)49-50-79(72)85-56-55-84(69-33-43-75(44-34-69)94(14,15)16)90-91(85)101-105(100-90)60-26-59-104-98-86-80(67-29-39-73(40-30-67)92(8,9)10)51-52-81(87(86)99-104)68-31-41-74(42-32-68)93(11,12)13/h29-56,62,64-66H,22-28,57-61,63H2,1-21H3. The Kier molecular flexibility index (Phi) is 22.3. The largest absolute Gasteiger partial charge is 0.184 e. The number of fused-ring (bicyclic) bond motifs is 3. The lowest BCUT2D eigenvalue weighted by Crippen LogP contribution is -2.21. The van der Waals surface area contributed by atoms with Gasteiger partial charge in [0.2, 0.25) is 0 Å². The maximum Gasteiger partial charge on any atom is 0.121 e. The summed E-state index contributed by atoms with van der Waals surface area (Å²) in [5, 5.41) is 32.7. The summed E-state index contributed by atoms with van der Waals surface area (Å²) < 4.78 is 0. The van der Waals surface area contributed by atoms with Crippen LogP contribution in [0.3, 0.4) is 0 Å². The van der Waals surface area contributed by atoms with Gasteiger partial charge >= 0.3 is 0 Å². The average molecular weight is 1410 g/mol. The third-order valence-corrected chi connectivity index (χ3v) is 23.3. The lowest BCUT2D eigenvalue weighted by molar-refractivity contribution is 0.382. The van der Waals surface area contributed by atoms with E-state index in [1.165, 1.54) is 94.2 Å². The molecular formula is C97H121N9. The van der Waals surface area contributed by atoms with Crippen LogP contribution in [-0.4, -0.2) is 45.0 Å². The molecule has 106 heavy (non-hydrogen) atoms. The Balaban J connectivity index is 0.891. The van der Waals surface area contributed by atoms with Crippen LogP contribution in [0.4, 0.5) is 0 Å². The van der Waals surface area contributed by atoms with Gasteiger partial charge in [-0.1, -0.05) is 347 Å². The molecule has 9 nitrogen and oxygen atoms in total. The molecule has 3 atom stereocenters. The Morgan fingerprint density at radius 2 is 0.557 bits per heavy atom. The first-order chi connectivity index (χ1) is 50.2. The zero-order chi connectivity index (χ0) is 75.8. The Labute approximate surface area is 635 Å². The van der Waals surface area contributed by atoms with Gasteiger partial charge in [0.1, 0.15) is 33.1 Å². The SMILES string of the molecule is CCC(C)(CCCC(C)C)c1ccc(-c2ccc(-c3ccc(C(C)(CC)CCCC(C)C)cc3)c3nn(CC(C)Cc4cc(C(C)(C)C)ccc4-c4ccc(-c5ccc(C(C)(C)C)cc5)c5nn(CCCn6nc7c(-c8ccc(C(C)(C)C)cc8)ccc(-c8ccc(C(C)(C)C)cc8)c7n6)nc45)nc23)cc1. The highest BCUT2D eigenvalue weighted by atomic mass is 15.5. The first kappa shape index (κ1) is 76.8. The number of aryl methyl sites for hydroxylation is 2. The zero-order valence-corrected chi connectivity index (χ0v) is 68.2. The molecule has 0 aliphatic heterocycles. The number of hydrogen-bond acceptors (Lipinski definition) is 6. The normalized spacial score (nSPS) is 14.1. The molecule has 554 valence electrons. The van der Waals surface area contributed by atoms with Crippen LogP contribution in [0.5, 0.6) is 0 Å². The molecule has 0 N–H and O–H groups in total. The van der Waals surface area contributed by atoms with E-state index >= 15 is 0 Å². The molecule has 0 bridgehead atoms. The van der Waals surface area contributed by atoms with Crippen molar-refractivity contribution in [3.05, 3.63) is 215 Å². The van der Waals surface area contributed by atoms with Gasteiger partial charge in [0.15, 0.2) is 0 Å². The molecule has 0 aliphatic rings. The summed E-state index contributed by atoms with van der Waals surface area (Å²) in [7, 11) is 0. The first-order valence-corrected chi connectivity index (χ1v) is 40.0. The molecule has 12 rings (SSSR count). The van der Waals surface area contributed by atoms with Gasteiger partial charge in [-0.3, -0.25) is 0 Å². The molecule has 3 heterocycles. The number of benzene rings is 9. The Morgan fingerprint density at radius 1 is 0.292 bits per heavy atom. The molecule has 3 unspecified atom stereocenters. The second-order valence-electron chi connectivity index (χ2n) is 36.7. The van der Waals surface area contributed by atoms with Gasteiger partial charge in [-0.25, -0.2) is 0 Å². The number of aromatic nitrogens is 9. The third kappa shape index (κ3) is 16.9. The lowest BCUT2D eigenvalue weighted by Gasteiger charge is -2.29. The fraction of sp³-hybridized carbons (Fsp3) is 0.443. The number of hydrogen-bond donors (Lipinski definition) is 0. The van der Waals surface area contributed by atoms with E-state index < -0.39 is 0 Å². The van der Waals surface area contributed by atoms with Crippen molar-refractivity contribution in [3.63, 3.8) is 0 Å². The smallest absolute Gasteiger partial charge is 0.121 e. The highest BCUT2D eigenvalue weighted by molar-refractivity contribution is 6.03. The quantitative estimate of drug-likeness (QED) is 0.0536. The topological polar surface area (TPSA) is 92.1 Å². The lowest BCUT2D eigenvalue weighted by atomic mass is 9.75. The van der Waals surface area contributed by atoms with E-state index in [2.05, 4.69) is 321 Å². The van der Waals surface area contributed by atoms with Crippen molar-refractivity contribution in [1.82, 2.24) is 45.0 Å². The zero-order valence-electron chi connectivity index (χ0n) is 68.2. The Hall–Kier alpha value is -8.82. The van der Waals surface area contributed by atoms with Crippen molar-refractivity contribution in [2.75, 3.05) is 0 Å². The van der Waals surface area contributed by atoms with Crippen LogP contribution in [0.15, 0.2) is 176 Å². The molecule has 0 fully saturated rings. The maximum atomic E-state index is 5.54. The fourth-order valence-electron chi connectivity index (χ4n) is 15.7. The summed E-state index contributed by atoms with van der Waals surface area (Å²) in [5.41, 5.74) is 28.4. The van der Waals surface area contributed by atoms with Crippen molar-refractivity contribution in [1.29, 1.82) is 0 Å². The van der Waals surface area contributed by atoms with Crippen molar-refractivity contribution >= 4 is 33.1 Å². The van der Waals surface area contributed by atoms with Crippen LogP contribution >= 0.6 is 0 Å². The van der Waals surface area contributed by atoms with Gasteiger partial charge in [0, 0.05) is 33.4 Å². The fourth-order valence-corrected chi connectivity index (χ4v) is 15.7. The van der Waals surface area contributed by atoms with Crippen molar-refractivity contribution < 1.29 is 0 Å². The van der Waals surface area contributed by atoms with Gasteiger partial charge < -0.3 is 0 Å². The van der Waals surface area contributed by atoms with E-state index in [4.69, 9.17) is 30.6 Å². The first-order valence-electron chi connectivity index (χ1n) is 40.0. The summed E-state index contributed by atoms with van der Waals surface area (Å²) in [4.78, 5) is 5.83. The summed E-state index contributed by atoms with van der Waals surface area (Å²) in [6, 6.07) is 66.7. The third-order valence-electron chi connectivity index (χ3n) is 23.3. The van der Waals surface area contributed by atoms with Crippen LogP contribution < -0.4 is 0 Å². The molecule has 3 aromatic heterocycles. The van der Waals surface area contributed by atoms with E-state index in [1.807, 2.05) is 14.4 Å². The highest BCUT2D eigenvalue weighted by Crippen LogP contribution is 2.44. The minimum absolute atomic E-state index is 0.0154. The predicted octanol–water partition coefficient (Wildman–Crippen LogP) is 26.1. The molecule has 0 saturated heterocycles. The second-order valence-corrected chi connectivity index (χ2v) is 36.7. The summed E-state index contributed by atoms with van der Waals surface area (Å²) in [5.74, 6) is 1.57. The van der Waals surface area contributed by atoms with Gasteiger partial charge in [0.05, 0.1) is 19.6 Å². The molecular weight excluding hydrogens is 1290 g/mol. The van der Waals surface area contributed by atoms with Crippen LogP contribution in [-0.2, 0) is 58.5 Å². The summed E-state index contributed by atoms with van der Waals surface area (Å²) >= 11 is 0. The van der Waals surface area contributed by atoms with Crippen molar-refractivity contribution in [2.24, 2.45) is 17.8 Å². The minimum atomic E-state index is -0.0812. The molecule has 0 radical (unpaired) electrons. The Morgan fingerprint density at radius 3 is 0.849 bits per heavy atom. The molecule has 0 spiro atoms. The van der Waals surface area contributed by atoms with E-state index in [-0.39, 0.29) is 38.4 Å². The Bertz CT molecular complexity index is 4790. The highest BCUT2D eigenvalue weighted by Gasteiger charge is 2.29. The molecule has 9 heteroatoms. The van der Waals surface area contributed by atoms with Crippen LogP contribution in [0.1, 0.15) is 242 Å². The monoisotopic (exact) mass is 1410 g/mol. The van der Waals surface area contributed by atoms with Crippen molar-refractivity contribution in [2.45, 2.75) is 262 Å². The average Bonchev–Trinajstić information content (AvgIpc) is 1.56. The van der Waals surface area contributed by atoms with Gasteiger partial charge in [-0.05, 0) is 161 Å².